The standard InChI is InChI=1S/C13H11N3OS2.CH2O2/c1-8-7-14-12(18-8)10-4-3-5-11(6-10)17-13-16-15-9(2)19-13;2-1-3/h3-7H,1-2H3;1H,(H,2,3). The molecule has 0 spiro atoms. The lowest BCUT2D eigenvalue weighted by molar-refractivity contribution is -0.122. The molecule has 0 fully saturated rings. The molecule has 8 heteroatoms. The molecule has 0 aliphatic carbocycles. The highest BCUT2D eigenvalue weighted by molar-refractivity contribution is 7.15. The highest BCUT2D eigenvalue weighted by Gasteiger charge is 2.07. The molecular formula is C14H13N3O3S2. The third-order valence-corrected chi connectivity index (χ3v) is 4.09. The zero-order chi connectivity index (χ0) is 15.9. The normalized spacial score (nSPS) is 9.73. The van der Waals surface area contributed by atoms with Crippen molar-refractivity contribution >= 4 is 29.1 Å². The van der Waals surface area contributed by atoms with Gasteiger partial charge < -0.3 is 9.84 Å². The molecular weight excluding hydrogens is 322 g/mol. The first-order chi connectivity index (χ1) is 10.6. The van der Waals surface area contributed by atoms with Crippen molar-refractivity contribution in [2.24, 2.45) is 0 Å². The van der Waals surface area contributed by atoms with Gasteiger partial charge in [-0.25, -0.2) is 4.98 Å². The monoisotopic (exact) mass is 335 g/mol. The Morgan fingerprint density at radius 2 is 2.00 bits per heavy atom. The van der Waals surface area contributed by atoms with E-state index in [1.807, 2.05) is 44.3 Å². The highest BCUT2D eigenvalue weighted by atomic mass is 32.1. The largest absolute Gasteiger partial charge is 0.483 e. The van der Waals surface area contributed by atoms with Crippen LogP contribution in [-0.4, -0.2) is 26.8 Å². The maximum absolute atomic E-state index is 8.36. The van der Waals surface area contributed by atoms with Gasteiger partial charge in [-0.15, -0.1) is 16.4 Å². The smallest absolute Gasteiger partial charge is 0.299 e. The van der Waals surface area contributed by atoms with Gasteiger partial charge >= 0.3 is 0 Å². The third kappa shape index (κ3) is 4.34. The lowest BCUT2D eigenvalue weighted by Gasteiger charge is -2.02. The molecule has 1 aromatic carbocycles. The van der Waals surface area contributed by atoms with Gasteiger partial charge in [-0.3, -0.25) is 4.79 Å². The van der Waals surface area contributed by atoms with Crippen LogP contribution in [0.1, 0.15) is 9.88 Å². The topological polar surface area (TPSA) is 85.2 Å². The van der Waals surface area contributed by atoms with Crippen molar-refractivity contribution in [3.63, 3.8) is 0 Å². The number of rotatable bonds is 3. The van der Waals surface area contributed by atoms with Crippen LogP contribution in [0.2, 0.25) is 0 Å². The van der Waals surface area contributed by atoms with Crippen LogP contribution in [0, 0.1) is 13.8 Å². The summed E-state index contributed by atoms with van der Waals surface area (Å²) in [6.45, 7) is 3.70. The summed E-state index contributed by atoms with van der Waals surface area (Å²) in [5.74, 6) is 0.751. The van der Waals surface area contributed by atoms with Crippen LogP contribution >= 0.6 is 22.7 Å². The van der Waals surface area contributed by atoms with E-state index in [4.69, 9.17) is 14.6 Å². The summed E-state index contributed by atoms with van der Waals surface area (Å²) in [6, 6.07) is 7.85. The van der Waals surface area contributed by atoms with E-state index >= 15 is 0 Å². The molecule has 114 valence electrons. The van der Waals surface area contributed by atoms with E-state index < -0.39 is 0 Å². The molecule has 0 atom stereocenters. The van der Waals surface area contributed by atoms with Gasteiger partial charge in [0.15, 0.2) is 0 Å². The molecule has 6 nitrogen and oxygen atoms in total. The van der Waals surface area contributed by atoms with Gasteiger partial charge in [-0.1, -0.05) is 28.6 Å². The number of nitrogens with zero attached hydrogens (tertiary/aromatic N) is 3. The summed E-state index contributed by atoms with van der Waals surface area (Å²) >= 11 is 3.10. The maximum atomic E-state index is 8.36. The van der Waals surface area contributed by atoms with E-state index in [9.17, 15) is 0 Å². The van der Waals surface area contributed by atoms with Crippen LogP contribution in [0.15, 0.2) is 30.5 Å². The molecule has 0 saturated carbocycles. The van der Waals surface area contributed by atoms with Gasteiger partial charge in [0.1, 0.15) is 15.8 Å². The van der Waals surface area contributed by atoms with Crippen molar-refractivity contribution in [1.29, 1.82) is 0 Å². The number of carboxylic acid groups (broad SMARTS) is 1. The molecule has 0 radical (unpaired) electrons. The fourth-order valence-corrected chi connectivity index (χ4v) is 2.92. The molecule has 0 saturated heterocycles. The van der Waals surface area contributed by atoms with Gasteiger partial charge in [0.05, 0.1) is 0 Å². The molecule has 3 aromatic rings. The summed E-state index contributed by atoms with van der Waals surface area (Å²) in [5, 5.41) is 17.2. The molecule has 0 aliphatic heterocycles. The third-order valence-electron chi connectivity index (χ3n) is 2.41. The van der Waals surface area contributed by atoms with Crippen LogP contribution < -0.4 is 4.74 Å². The second kappa shape index (κ2) is 7.62. The van der Waals surface area contributed by atoms with E-state index in [-0.39, 0.29) is 6.47 Å². The minimum atomic E-state index is -0.250. The van der Waals surface area contributed by atoms with Gasteiger partial charge in [-0.05, 0) is 26.0 Å². The predicted molar refractivity (Wildman–Crippen MR) is 85.7 cm³/mol. The Hall–Kier alpha value is -2.32. The summed E-state index contributed by atoms with van der Waals surface area (Å²) in [4.78, 5) is 13.9. The Balaban J connectivity index is 0.000000545. The number of ether oxygens (including phenoxy) is 1. The zero-order valence-electron chi connectivity index (χ0n) is 11.9. The van der Waals surface area contributed by atoms with Crippen molar-refractivity contribution in [2.75, 3.05) is 0 Å². The SMILES string of the molecule is Cc1cnc(-c2cccc(Oc3nnc(C)s3)c2)s1.O=CO. The average molecular weight is 335 g/mol. The van der Waals surface area contributed by atoms with Crippen molar-refractivity contribution < 1.29 is 14.6 Å². The molecule has 1 N–H and O–H groups in total. The molecule has 3 rings (SSSR count). The zero-order valence-corrected chi connectivity index (χ0v) is 13.5. The maximum Gasteiger partial charge on any atom is 0.299 e. The molecule has 0 amide bonds. The summed E-state index contributed by atoms with van der Waals surface area (Å²) < 4.78 is 5.69. The van der Waals surface area contributed by atoms with E-state index in [1.54, 1.807) is 11.3 Å². The first kappa shape index (κ1) is 16.1. The lowest BCUT2D eigenvalue weighted by Crippen LogP contribution is -1.84. The van der Waals surface area contributed by atoms with Crippen LogP contribution in [0.3, 0.4) is 0 Å². The van der Waals surface area contributed by atoms with Gasteiger partial charge in [-0.2, -0.15) is 0 Å². The van der Waals surface area contributed by atoms with Crippen LogP contribution in [-0.2, 0) is 4.79 Å². The van der Waals surface area contributed by atoms with Crippen molar-refractivity contribution in [2.45, 2.75) is 13.8 Å². The lowest BCUT2D eigenvalue weighted by atomic mass is 10.2. The van der Waals surface area contributed by atoms with E-state index in [2.05, 4.69) is 15.2 Å². The molecule has 0 aliphatic rings. The fourth-order valence-electron chi connectivity index (χ4n) is 1.60. The van der Waals surface area contributed by atoms with Crippen LogP contribution in [0.5, 0.6) is 10.9 Å². The molecule has 2 heterocycles. The Morgan fingerprint density at radius 3 is 2.59 bits per heavy atom. The van der Waals surface area contributed by atoms with E-state index in [0.29, 0.717) is 5.19 Å². The van der Waals surface area contributed by atoms with Crippen LogP contribution in [0.4, 0.5) is 0 Å². The average Bonchev–Trinajstić information content (AvgIpc) is 3.09. The summed E-state index contributed by atoms with van der Waals surface area (Å²) in [5.41, 5.74) is 1.05. The fraction of sp³-hybridized carbons (Fsp3) is 0.143. The molecule has 22 heavy (non-hydrogen) atoms. The Kier molecular flexibility index (Phi) is 5.56. The van der Waals surface area contributed by atoms with Crippen molar-refractivity contribution in [3.05, 3.63) is 40.3 Å². The minimum Gasteiger partial charge on any atom is -0.483 e. The Morgan fingerprint density at radius 1 is 1.23 bits per heavy atom. The van der Waals surface area contributed by atoms with Crippen molar-refractivity contribution in [3.8, 4) is 21.5 Å². The number of aryl methyl sites for hydroxylation is 2. The quantitative estimate of drug-likeness (QED) is 0.733. The van der Waals surface area contributed by atoms with Crippen molar-refractivity contribution in [1.82, 2.24) is 15.2 Å². The van der Waals surface area contributed by atoms with E-state index in [0.717, 1.165) is 21.3 Å². The Bertz CT molecular complexity index is 755. The number of aromatic nitrogens is 3. The number of thiazole rings is 1. The van der Waals surface area contributed by atoms with Crippen LogP contribution in [0.25, 0.3) is 10.6 Å². The Labute approximate surface area is 135 Å². The number of benzene rings is 1. The predicted octanol–water partition coefficient (Wildman–Crippen LogP) is 3.77. The molecule has 0 unspecified atom stereocenters. The van der Waals surface area contributed by atoms with Gasteiger partial charge in [0.2, 0.25) is 0 Å². The second-order valence-corrected chi connectivity index (χ2v) is 6.48. The van der Waals surface area contributed by atoms with E-state index in [1.165, 1.54) is 16.2 Å². The molecule has 2 aromatic heterocycles. The first-order valence-electron chi connectivity index (χ1n) is 6.21. The number of hydrogen-bond donors (Lipinski definition) is 1. The summed E-state index contributed by atoms with van der Waals surface area (Å²) in [7, 11) is 0. The summed E-state index contributed by atoms with van der Waals surface area (Å²) in [6.07, 6.45) is 1.88. The first-order valence-corrected chi connectivity index (χ1v) is 7.84. The van der Waals surface area contributed by atoms with Gasteiger partial charge in [0.25, 0.3) is 11.7 Å². The second-order valence-electron chi connectivity index (χ2n) is 4.10. The minimum absolute atomic E-state index is 0.250. The number of carbonyl (C=O) groups is 1. The molecule has 0 bridgehead atoms. The van der Waals surface area contributed by atoms with Gasteiger partial charge in [0, 0.05) is 16.6 Å². The highest BCUT2D eigenvalue weighted by Crippen LogP contribution is 2.30. The number of hydrogen-bond acceptors (Lipinski definition) is 7.